The lowest BCUT2D eigenvalue weighted by molar-refractivity contribution is 0.141. The Morgan fingerprint density at radius 1 is 1.24 bits per heavy atom. The van der Waals surface area contributed by atoms with Gasteiger partial charge in [0.05, 0.1) is 16.6 Å². The van der Waals surface area contributed by atoms with Crippen LogP contribution in [0.3, 0.4) is 0 Å². The summed E-state index contributed by atoms with van der Waals surface area (Å²) >= 11 is 6.13. The van der Waals surface area contributed by atoms with Gasteiger partial charge in [-0.05, 0) is 25.5 Å². The van der Waals surface area contributed by atoms with Crippen molar-refractivity contribution in [3.63, 3.8) is 0 Å². The van der Waals surface area contributed by atoms with Crippen molar-refractivity contribution in [3.8, 4) is 11.3 Å². The summed E-state index contributed by atoms with van der Waals surface area (Å²) in [5, 5.41) is 3.97. The predicted molar refractivity (Wildman–Crippen MR) is 99.4 cm³/mol. The minimum Gasteiger partial charge on any atom is -0.382 e. The molecule has 6 nitrogen and oxygen atoms in total. The Bertz CT molecular complexity index is 1020. The van der Waals surface area contributed by atoms with E-state index in [1.807, 2.05) is 19.1 Å². The number of ether oxygens (including phenoxy) is 1. The first kappa shape index (κ1) is 17.5. The van der Waals surface area contributed by atoms with Gasteiger partial charge in [-0.15, -0.1) is 0 Å². The molecule has 0 spiro atoms. The molecule has 1 N–H and O–H groups in total. The lowest BCUT2D eigenvalue weighted by atomic mass is 10.1. The molecule has 0 fully saturated rings. The molecule has 0 saturated carbocycles. The van der Waals surface area contributed by atoms with Crippen LogP contribution in [0.2, 0.25) is 5.02 Å². The summed E-state index contributed by atoms with van der Waals surface area (Å²) in [6.07, 6.45) is 0.678. The molecule has 0 saturated heterocycles. The highest BCUT2D eigenvalue weighted by molar-refractivity contribution is 6.30. The summed E-state index contributed by atoms with van der Waals surface area (Å²) in [7, 11) is 1.63. The van der Waals surface area contributed by atoms with Crippen LogP contribution in [0.4, 0.5) is 0 Å². The van der Waals surface area contributed by atoms with Crippen LogP contribution in [-0.2, 0) is 18.3 Å². The normalized spacial score (nSPS) is 11.3. The van der Waals surface area contributed by atoms with Gasteiger partial charge in [-0.2, -0.15) is 0 Å². The van der Waals surface area contributed by atoms with Crippen LogP contribution in [0.15, 0.2) is 39.9 Å². The van der Waals surface area contributed by atoms with E-state index < -0.39 is 0 Å². The van der Waals surface area contributed by atoms with E-state index in [0.717, 1.165) is 5.56 Å². The number of nitrogens with one attached hydrogen (secondary N) is 1. The smallest absolute Gasteiger partial charge is 0.276 e. The number of benzene rings is 1. The summed E-state index contributed by atoms with van der Waals surface area (Å²) < 4.78 is 8.37. The molecule has 0 aliphatic rings. The van der Waals surface area contributed by atoms with Crippen LogP contribution in [-0.4, -0.2) is 27.6 Å². The van der Waals surface area contributed by atoms with Crippen LogP contribution in [0.5, 0.6) is 0 Å². The van der Waals surface area contributed by atoms with Gasteiger partial charge in [-0.1, -0.05) is 23.7 Å². The van der Waals surface area contributed by atoms with Crippen molar-refractivity contribution in [1.29, 1.82) is 0 Å². The topological polar surface area (TPSA) is 69.0 Å². The fourth-order valence-electron chi connectivity index (χ4n) is 2.98. The van der Waals surface area contributed by atoms with Crippen molar-refractivity contribution in [3.05, 3.63) is 56.1 Å². The first-order chi connectivity index (χ1) is 12.0. The Labute approximate surface area is 149 Å². The number of hydrogen-bond donors (Lipinski definition) is 1. The Hall–Kier alpha value is -2.31. The maximum atomic E-state index is 12.7. The van der Waals surface area contributed by atoms with E-state index in [2.05, 4.69) is 5.10 Å². The third-order valence-electron chi connectivity index (χ3n) is 4.09. The molecule has 0 amide bonds. The molecule has 3 aromatic rings. The summed E-state index contributed by atoms with van der Waals surface area (Å²) in [5.41, 5.74) is 1.50. The monoisotopic (exact) mass is 361 g/mol. The molecule has 0 radical (unpaired) electrons. The number of aryl methyl sites for hydroxylation is 1. The number of rotatable bonds is 6. The molecule has 3 rings (SSSR count). The molecule has 0 unspecified atom stereocenters. The molecule has 2 aromatic heterocycles. The summed E-state index contributed by atoms with van der Waals surface area (Å²) in [5.74, 6) is 0. The zero-order valence-electron chi connectivity index (χ0n) is 14.2. The molecular weight excluding hydrogens is 342 g/mol. The van der Waals surface area contributed by atoms with E-state index in [-0.39, 0.29) is 11.1 Å². The van der Waals surface area contributed by atoms with Gasteiger partial charge in [0.25, 0.3) is 11.1 Å². The molecule has 25 heavy (non-hydrogen) atoms. The molecule has 0 bridgehead atoms. The molecule has 1 aromatic carbocycles. The zero-order valence-corrected chi connectivity index (χ0v) is 15.0. The highest BCUT2D eigenvalue weighted by Crippen LogP contribution is 2.27. The van der Waals surface area contributed by atoms with Gasteiger partial charge in [-0.3, -0.25) is 19.4 Å². The van der Waals surface area contributed by atoms with Gasteiger partial charge in [0.15, 0.2) is 0 Å². The lowest BCUT2D eigenvalue weighted by Crippen LogP contribution is -2.23. The standard InChI is InChI=1S/C18H20ClN3O3/c1-3-25-9-5-8-22-15(23)11-14-16(18(24)21(2)20-14)17(22)12-6-4-7-13(19)10-12/h4,6-7,10-11,20H,3,5,8-9H2,1-2H3. The van der Waals surface area contributed by atoms with Gasteiger partial charge in [0.2, 0.25) is 0 Å². The molecule has 132 valence electrons. The van der Waals surface area contributed by atoms with Crippen molar-refractivity contribution in [1.82, 2.24) is 14.3 Å². The minimum atomic E-state index is -0.177. The van der Waals surface area contributed by atoms with Gasteiger partial charge < -0.3 is 9.30 Å². The van der Waals surface area contributed by atoms with E-state index in [1.165, 1.54) is 10.7 Å². The van der Waals surface area contributed by atoms with Gasteiger partial charge in [0, 0.05) is 43.5 Å². The first-order valence-electron chi connectivity index (χ1n) is 8.19. The number of H-pyrrole nitrogens is 1. The van der Waals surface area contributed by atoms with Gasteiger partial charge in [-0.25, -0.2) is 0 Å². The molecule has 0 atom stereocenters. The predicted octanol–water partition coefficient (Wildman–Crippen LogP) is 2.78. The Kier molecular flexibility index (Phi) is 5.11. The largest absolute Gasteiger partial charge is 0.382 e. The number of hydrogen-bond acceptors (Lipinski definition) is 3. The minimum absolute atomic E-state index is 0.166. The number of aromatic amines is 1. The maximum absolute atomic E-state index is 12.7. The van der Waals surface area contributed by atoms with Crippen molar-refractivity contribution in [2.24, 2.45) is 7.05 Å². The van der Waals surface area contributed by atoms with E-state index in [4.69, 9.17) is 16.3 Å². The second-order valence-electron chi connectivity index (χ2n) is 5.81. The fourth-order valence-corrected chi connectivity index (χ4v) is 3.17. The molecule has 2 heterocycles. The molecule has 7 heteroatoms. The van der Waals surface area contributed by atoms with Crippen LogP contribution < -0.4 is 11.1 Å². The van der Waals surface area contributed by atoms with Gasteiger partial charge in [0.1, 0.15) is 0 Å². The highest BCUT2D eigenvalue weighted by atomic mass is 35.5. The lowest BCUT2D eigenvalue weighted by Gasteiger charge is -2.14. The Balaban J connectivity index is 2.24. The van der Waals surface area contributed by atoms with Gasteiger partial charge >= 0.3 is 0 Å². The maximum Gasteiger partial charge on any atom is 0.276 e. The average Bonchev–Trinajstić information content (AvgIpc) is 2.85. The van der Waals surface area contributed by atoms with E-state index in [1.54, 1.807) is 23.7 Å². The summed E-state index contributed by atoms with van der Waals surface area (Å²) in [4.78, 5) is 25.3. The highest BCUT2D eigenvalue weighted by Gasteiger charge is 2.17. The van der Waals surface area contributed by atoms with Crippen molar-refractivity contribution in [2.75, 3.05) is 13.2 Å². The van der Waals surface area contributed by atoms with Crippen LogP contribution in [0.25, 0.3) is 22.2 Å². The number of aromatic nitrogens is 3. The fraction of sp³-hybridized carbons (Fsp3) is 0.333. The quantitative estimate of drug-likeness (QED) is 0.686. The second kappa shape index (κ2) is 7.29. The Morgan fingerprint density at radius 2 is 2.04 bits per heavy atom. The van der Waals surface area contributed by atoms with Crippen LogP contribution in [0.1, 0.15) is 13.3 Å². The number of halogens is 1. The van der Waals surface area contributed by atoms with Crippen molar-refractivity contribution >= 4 is 22.5 Å². The third-order valence-corrected chi connectivity index (χ3v) is 4.32. The number of nitrogens with zero attached hydrogens (tertiary/aromatic N) is 2. The number of fused-ring (bicyclic) bond motifs is 1. The average molecular weight is 362 g/mol. The summed E-state index contributed by atoms with van der Waals surface area (Å²) in [6, 6.07) is 8.65. The third kappa shape index (κ3) is 3.41. The molecule has 0 aliphatic carbocycles. The van der Waals surface area contributed by atoms with Crippen LogP contribution in [0, 0.1) is 0 Å². The summed E-state index contributed by atoms with van der Waals surface area (Å²) in [6.45, 7) is 3.58. The van der Waals surface area contributed by atoms with E-state index in [0.29, 0.717) is 47.8 Å². The van der Waals surface area contributed by atoms with Crippen molar-refractivity contribution in [2.45, 2.75) is 19.9 Å². The number of pyridine rings is 1. The molecular formula is C18H20ClN3O3. The first-order valence-corrected chi connectivity index (χ1v) is 8.57. The van der Waals surface area contributed by atoms with Crippen molar-refractivity contribution < 1.29 is 4.74 Å². The zero-order chi connectivity index (χ0) is 18.0. The van der Waals surface area contributed by atoms with E-state index in [9.17, 15) is 9.59 Å². The SMILES string of the molecule is CCOCCCn1c(-c2cccc(Cl)c2)c2c(=O)n(C)[nH]c2cc1=O. The van der Waals surface area contributed by atoms with E-state index >= 15 is 0 Å². The Morgan fingerprint density at radius 3 is 2.76 bits per heavy atom. The van der Waals surface area contributed by atoms with Crippen LogP contribution >= 0.6 is 11.6 Å². The second-order valence-corrected chi connectivity index (χ2v) is 6.24. The molecule has 0 aliphatic heterocycles.